The summed E-state index contributed by atoms with van der Waals surface area (Å²) in [5, 5.41) is 0.546. The summed E-state index contributed by atoms with van der Waals surface area (Å²) in [7, 11) is 2.16. The molecule has 2 rings (SSSR count). The fourth-order valence-corrected chi connectivity index (χ4v) is 2.79. The minimum Gasteiger partial charge on any atom is -0.296 e. The molecule has 94 valence electrons. The molecular weight excluding hydrogens is 234 g/mol. The third-order valence-corrected chi connectivity index (χ3v) is 3.65. The van der Waals surface area contributed by atoms with E-state index in [9.17, 15) is 0 Å². The standard InChI is InChI=1S/C13H20ClN3/c1-10-8-12(14)16-13(15-10)9-17(2)11-6-4-3-5-7-11/h8,11H,3-7,9H2,1-2H3. The van der Waals surface area contributed by atoms with Crippen molar-refractivity contribution in [3.05, 3.63) is 22.7 Å². The molecule has 17 heavy (non-hydrogen) atoms. The highest BCUT2D eigenvalue weighted by molar-refractivity contribution is 6.29. The molecule has 0 unspecified atom stereocenters. The Hall–Kier alpha value is -0.670. The van der Waals surface area contributed by atoms with Gasteiger partial charge in [0.05, 0.1) is 6.54 Å². The predicted molar refractivity (Wildman–Crippen MR) is 70.1 cm³/mol. The maximum absolute atomic E-state index is 5.95. The van der Waals surface area contributed by atoms with Crippen molar-refractivity contribution in [2.45, 2.75) is 51.6 Å². The molecule has 0 bridgehead atoms. The summed E-state index contributed by atoms with van der Waals surface area (Å²) in [4.78, 5) is 11.1. The van der Waals surface area contributed by atoms with Crippen molar-refractivity contribution in [3.8, 4) is 0 Å². The lowest BCUT2D eigenvalue weighted by atomic mass is 9.94. The number of aromatic nitrogens is 2. The van der Waals surface area contributed by atoms with Gasteiger partial charge < -0.3 is 0 Å². The zero-order chi connectivity index (χ0) is 12.3. The van der Waals surface area contributed by atoms with Crippen LogP contribution in [0.5, 0.6) is 0 Å². The lowest BCUT2D eigenvalue weighted by molar-refractivity contribution is 0.180. The van der Waals surface area contributed by atoms with Gasteiger partial charge in [0.25, 0.3) is 0 Å². The van der Waals surface area contributed by atoms with Gasteiger partial charge in [-0.2, -0.15) is 0 Å². The van der Waals surface area contributed by atoms with Crippen molar-refractivity contribution < 1.29 is 0 Å². The van der Waals surface area contributed by atoms with E-state index in [0.717, 1.165) is 18.1 Å². The van der Waals surface area contributed by atoms with Crippen LogP contribution >= 0.6 is 11.6 Å². The van der Waals surface area contributed by atoms with E-state index in [1.54, 1.807) is 6.07 Å². The highest BCUT2D eigenvalue weighted by Crippen LogP contribution is 2.22. The van der Waals surface area contributed by atoms with Gasteiger partial charge in [0.1, 0.15) is 11.0 Å². The number of rotatable bonds is 3. The van der Waals surface area contributed by atoms with Crippen molar-refractivity contribution in [3.63, 3.8) is 0 Å². The molecule has 4 heteroatoms. The Bertz CT molecular complexity index is 355. The van der Waals surface area contributed by atoms with E-state index in [-0.39, 0.29) is 0 Å². The quantitative estimate of drug-likeness (QED) is 0.775. The molecule has 1 heterocycles. The minimum atomic E-state index is 0.546. The second kappa shape index (κ2) is 5.78. The van der Waals surface area contributed by atoms with Gasteiger partial charge in [-0.05, 0) is 32.9 Å². The Morgan fingerprint density at radius 3 is 2.65 bits per heavy atom. The summed E-state index contributed by atoms with van der Waals surface area (Å²) >= 11 is 5.95. The third-order valence-electron chi connectivity index (χ3n) is 3.46. The van der Waals surface area contributed by atoms with Gasteiger partial charge in [-0.15, -0.1) is 0 Å². The molecule has 0 saturated heterocycles. The molecule has 0 radical (unpaired) electrons. The lowest BCUT2D eigenvalue weighted by Crippen LogP contribution is -2.33. The zero-order valence-corrected chi connectivity index (χ0v) is 11.4. The zero-order valence-electron chi connectivity index (χ0n) is 10.6. The highest BCUT2D eigenvalue weighted by atomic mass is 35.5. The molecule has 1 aromatic heterocycles. The first-order chi connectivity index (χ1) is 8.15. The number of nitrogens with zero attached hydrogens (tertiary/aromatic N) is 3. The Morgan fingerprint density at radius 2 is 2.00 bits per heavy atom. The molecule has 0 aliphatic heterocycles. The van der Waals surface area contributed by atoms with Gasteiger partial charge in [-0.3, -0.25) is 4.90 Å². The molecule has 0 amide bonds. The smallest absolute Gasteiger partial charge is 0.144 e. The van der Waals surface area contributed by atoms with E-state index in [1.165, 1.54) is 32.1 Å². The van der Waals surface area contributed by atoms with Gasteiger partial charge in [-0.1, -0.05) is 30.9 Å². The Morgan fingerprint density at radius 1 is 1.29 bits per heavy atom. The second-order valence-corrected chi connectivity index (χ2v) is 5.34. The Kier molecular flexibility index (Phi) is 4.35. The van der Waals surface area contributed by atoms with Gasteiger partial charge in [0.15, 0.2) is 0 Å². The molecule has 0 N–H and O–H groups in total. The molecule has 0 spiro atoms. The van der Waals surface area contributed by atoms with E-state index in [4.69, 9.17) is 11.6 Å². The molecule has 1 saturated carbocycles. The third kappa shape index (κ3) is 3.65. The van der Waals surface area contributed by atoms with E-state index in [0.29, 0.717) is 11.2 Å². The molecule has 3 nitrogen and oxygen atoms in total. The van der Waals surface area contributed by atoms with Crippen LogP contribution in [-0.2, 0) is 6.54 Å². The average Bonchev–Trinajstić information content (AvgIpc) is 2.28. The summed E-state index contributed by atoms with van der Waals surface area (Å²) in [6.45, 7) is 2.75. The summed E-state index contributed by atoms with van der Waals surface area (Å²) in [5.74, 6) is 0.836. The van der Waals surface area contributed by atoms with Crippen LogP contribution in [0.3, 0.4) is 0 Å². The highest BCUT2D eigenvalue weighted by Gasteiger charge is 2.18. The fraction of sp³-hybridized carbons (Fsp3) is 0.692. The molecule has 1 aliphatic rings. The lowest BCUT2D eigenvalue weighted by Gasteiger charge is -2.30. The molecule has 1 aliphatic carbocycles. The van der Waals surface area contributed by atoms with E-state index in [1.807, 2.05) is 6.92 Å². The monoisotopic (exact) mass is 253 g/mol. The van der Waals surface area contributed by atoms with E-state index in [2.05, 4.69) is 21.9 Å². The Labute approximate surface area is 108 Å². The van der Waals surface area contributed by atoms with Crippen LogP contribution in [0, 0.1) is 6.92 Å². The second-order valence-electron chi connectivity index (χ2n) is 4.96. The summed E-state index contributed by atoms with van der Waals surface area (Å²) < 4.78 is 0. The Balaban J connectivity index is 1.99. The molecule has 1 aromatic rings. The first kappa shape index (κ1) is 12.8. The van der Waals surface area contributed by atoms with E-state index < -0.39 is 0 Å². The van der Waals surface area contributed by atoms with Crippen LogP contribution in [0.1, 0.15) is 43.6 Å². The predicted octanol–water partition coefficient (Wildman–Crippen LogP) is 3.20. The van der Waals surface area contributed by atoms with Crippen molar-refractivity contribution in [2.24, 2.45) is 0 Å². The normalized spacial score (nSPS) is 17.6. The SMILES string of the molecule is Cc1cc(Cl)nc(CN(C)C2CCCCC2)n1. The minimum absolute atomic E-state index is 0.546. The van der Waals surface area contributed by atoms with Crippen LogP contribution in [-0.4, -0.2) is 28.0 Å². The number of halogens is 1. The molecule has 0 aromatic carbocycles. The maximum Gasteiger partial charge on any atom is 0.144 e. The van der Waals surface area contributed by atoms with Crippen molar-refractivity contribution in [1.29, 1.82) is 0 Å². The average molecular weight is 254 g/mol. The first-order valence-electron chi connectivity index (χ1n) is 6.35. The largest absolute Gasteiger partial charge is 0.296 e. The summed E-state index contributed by atoms with van der Waals surface area (Å²) in [5.41, 5.74) is 0.942. The van der Waals surface area contributed by atoms with Crippen molar-refractivity contribution in [2.75, 3.05) is 7.05 Å². The van der Waals surface area contributed by atoms with Crippen molar-refractivity contribution >= 4 is 11.6 Å². The van der Waals surface area contributed by atoms with Crippen molar-refractivity contribution in [1.82, 2.24) is 14.9 Å². The van der Waals surface area contributed by atoms with Gasteiger partial charge in [-0.25, -0.2) is 9.97 Å². The van der Waals surface area contributed by atoms with Crippen LogP contribution in [0.4, 0.5) is 0 Å². The first-order valence-corrected chi connectivity index (χ1v) is 6.73. The van der Waals surface area contributed by atoms with Crippen LogP contribution in [0.15, 0.2) is 6.07 Å². The maximum atomic E-state index is 5.95. The molecule has 1 fully saturated rings. The number of aryl methyl sites for hydroxylation is 1. The van der Waals surface area contributed by atoms with Crippen LogP contribution in [0.25, 0.3) is 0 Å². The van der Waals surface area contributed by atoms with Gasteiger partial charge in [0.2, 0.25) is 0 Å². The topological polar surface area (TPSA) is 29.0 Å². The van der Waals surface area contributed by atoms with E-state index >= 15 is 0 Å². The fourth-order valence-electron chi connectivity index (χ4n) is 2.53. The van der Waals surface area contributed by atoms with Gasteiger partial charge in [0, 0.05) is 11.7 Å². The number of hydrogen-bond acceptors (Lipinski definition) is 3. The summed E-state index contributed by atoms with van der Waals surface area (Å²) in [6.07, 6.45) is 6.69. The van der Waals surface area contributed by atoms with Crippen LogP contribution in [0.2, 0.25) is 5.15 Å². The molecular formula is C13H20ClN3. The number of hydrogen-bond donors (Lipinski definition) is 0. The van der Waals surface area contributed by atoms with Gasteiger partial charge >= 0.3 is 0 Å². The molecule has 0 atom stereocenters. The van der Waals surface area contributed by atoms with Crippen LogP contribution < -0.4 is 0 Å². The summed E-state index contributed by atoms with van der Waals surface area (Å²) in [6, 6.07) is 2.48.